The Bertz CT molecular complexity index is 1090. The predicted molar refractivity (Wildman–Crippen MR) is 107 cm³/mol. The van der Waals surface area contributed by atoms with Gasteiger partial charge in [-0.3, -0.25) is 4.40 Å². The Morgan fingerprint density at radius 3 is 2.67 bits per heavy atom. The minimum absolute atomic E-state index is 0.272. The number of para-hydroxylation sites is 1. The molecule has 0 radical (unpaired) electrons. The largest absolute Gasteiger partial charge is 0.462 e. The maximum Gasteiger partial charge on any atom is 0.338 e. The van der Waals surface area contributed by atoms with Crippen molar-refractivity contribution in [3.8, 4) is 0 Å². The Balaban J connectivity index is 1.52. The minimum atomic E-state index is -0.272. The molecule has 4 aromatic rings. The lowest BCUT2D eigenvalue weighted by atomic mass is 10.1. The van der Waals surface area contributed by atoms with Crippen LogP contribution in [0, 0.1) is 0 Å². The molecule has 6 heteroatoms. The molecule has 0 bridgehead atoms. The number of aromatic nitrogens is 3. The molecule has 5 nitrogen and oxygen atoms in total. The molecule has 0 fully saturated rings. The Morgan fingerprint density at radius 1 is 1.04 bits per heavy atom. The predicted octanol–water partition coefficient (Wildman–Crippen LogP) is 4.74. The Hall–Kier alpha value is -2.86. The zero-order chi connectivity index (χ0) is 18.6. The molecule has 0 spiro atoms. The third-order valence-electron chi connectivity index (χ3n) is 4.24. The number of carbonyl (C=O) groups excluding carboxylic acids is 1. The van der Waals surface area contributed by atoms with Crippen molar-refractivity contribution >= 4 is 34.3 Å². The standard InChI is InChI=1S/C21H19N3O2S/c1-2-13-26-20(25)17-9-7-15(8-10-17)14-27-21-23-22-19-12-11-16-5-3-4-6-18(16)24(19)21/h3-12H,2,13-14H2,1H3. The van der Waals surface area contributed by atoms with E-state index in [-0.39, 0.29) is 5.97 Å². The third kappa shape index (κ3) is 3.66. The van der Waals surface area contributed by atoms with Crippen LogP contribution in [0.5, 0.6) is 0 Å². The Labute approximate surface area is 161 Å². The van der Waals surface area contributed by atoms with Gasteiger partial charge in [-0.05, 0) is 47.7 Å². The van der Waals surface area contributed by atoms with Crippen LogP contribution in [0.2, 0.25) is 0 Å². The molecule has 136 valence electrons. The molecule has 0 saturated carbocycles. The van der Waals surface area contributed by atoms with Gasteiger partial charge in [0, 0.05) is 5.75 Å². The first-order chi connectivity index (χ1) is 13.3. The first-order valence-electron chi connectivity index (χ1n) is 8.88. The van der Waals surface area contributed by atoms with Gasteiger partial charge in [-0.15, -0.1) is 10.2 Å². The van der Waals surface area contributed by atoms with Crippen molar-refractivity contribution in [2.24, 2.45) is 0 Å². The molecule has 0 N–H and O–H groups in total. The van der Waals surface area contributed by atoms with E-state index >= 15 is 0 Å². The molecular weight excluding hydrogens is 358 g/mol. The smallest absolute Gasteiger partial charge is 0.338 e. The van der Waals surface area contributed by atoms with E-state index in [9.17, 15) is 4.79 Å². The van der Waals surface area contributed by atoms with Crippen LogP contribution in [0.4, 0.5) is 0 Å². The summed E-state index contributed by atoms with van der Waals surface area (Å²) in [5.74, 6) is 0.472. The number of thioether (sulfide) groups is 1. The summed E-state index contributed by atoms with van der Waals surface area (Å²) in [4.78, 5) is 11.9. The SMILES string of the molecule is CCCOC(=O)c1ccc(CSc2nnc3ccc4ccccc4n23)cc1. The lowest BCUT2D eigenvalue weighted by Crippen LogP contribution is -2.05. The van der Waals surface area contributed by atoms with Gasteiger partial charge in [0.1, 0.15) is 0 Å². The van der Waals surface area contributed by atoms with Crippen LogP contribution in [0.25, 0.3) is 16.6 Å². The molecule has 0 aliphatic rings. The molecule has 2 heterocycles. The second-order valence-electron chi connectivity index (χ2n) is 6.19. The van der Waals surface area contributed by atoms with Crippen LogP contribution in [0.3, 0.4) is 0 Å². The quantitative estimate of drug-likeness (QED) is 0.359. The number of hydrogen-bond donors (Lipinski definition) is 0. The van der Waals surface area contributed by atoms with Crippen LogP contribution in [-0.4, -0.2) is 27.2 Å². The number of hydrogen-bond acceptors (Lipinski definition) is 5. The fourth-order valence-corrected chi connectivity index (χ4v) is 3.78. The molecule has 0 saturated heterocycles. The lowest BCUT2D eigenvalue weighted by Gasteiger charge is -2.06. The summed E-state index contributed by atoms with van der Waals surface area (Å²) in [6, 6.07) is 19.8. The van der Waals surface area contributed by atoms with Gasteiger partial charge in [0.15, 0.2) is 10.8 Å². The summed E-state index contributed by atoms with van der Waals surface area (Å²) in [6.45, 7) is 2.43. The number of ether oxygens (including phenoxy) is 1. The molecule has 0 aliphatic carbocycles. The number of nitrogens with zero attached hydrogens (tertiary/aromatic N) is 3. The summed E-state index contributed by atoms with van der Waals surface area (Å²) >= 11 is 1.63. The molecule has 27 heavy (non-hydrogen) atoms. The van der Waals surface area contributed by atoms with Crippen molar-refractivity contribution in [2.45, 2.75) is 24.3 Å². The van der Waals surface area contributed by atoms with E-state index in [1.54, 1.807) is 11.8 Å². The van der Waals surface area contributed by atoms with Gasteiger partial charge in [-0.1, -0.05) is 49.0 Å². The molecule has 4 rings (SSSR count). The topological polar surface area (TPSA) is 56.5 Å². The van der Waals surface area contributed by atoms with Crippen LogP contribution < -0.4 is 0 Å². The maximum absolute atomic E-state index is 11.9. The van der Waals surface area contributed by atoms with Gasteiger partial charge in [0.25, 0.3) is 0 Å². The van der Waals surface area contributed by atoms with Gasteiger partial charge in [-0.2, -0.15) is 0 Å². The zero-order valence-corrected chi connectivity index (χ0v) is 15.8. The summed E-state index contributed by atoms with van der Waals surface area (Å²) in [5.41, 5.74) is 3.63. The van der Waals surface area contributed by atoms with Crippen molar-refractivity contribution in [1.29, 1.82) is 0 Å². The number of fused-ring (bicyclic) bond motifs is 3. The maximum atomic E-state index is 11.9. The molecule has 2 aromatic heterocycles. The van der Waals surface area contributed by atoms with E-state index in [1.807, 2.05) is 49.4 Å². The number of carbonyl (C=O) groups is 1. The van der Waals surface area contributed by atoms with Crippen LogP contribution in [-0.2, 0) is 10.5 Å². The van der Waals surface area contributed by atoms with Crippen molar-refractivity contribution in [1.82, 2.24) is 14.6 Å². The van der Waals surface area contributed by atoms with Crippen molar-refractivity contribution < 1.29 is 9.53 Å². The number of rotatable bonds is 6. The van der Waals surface area contributed by atoms with E-state index < -0.39 is 0 Å². The first-order valence-corrected chi connectivity index (χ1v) is 9.86. The second kappa shape index (κ2) is 7.80. The van der Waals surface area contributed by atoms with Gasteiger partial charge in [0.2, 0.25) is 0 Å². The third-order valence-corrected chi connectivity index (χ3v) is 5.24. The summed E-state index contributed by atoms with van der Waals surface area (Å²) < 4.78 is 7.24. The normalized spacial score (nSPS) is 11.1. The minimum Gasteiger partial charge on any atom is -0.462 e. The van der Waals surface area contributed by atoms with E-state index in [2.05, 4.69) is 32.8 Å². The molecule has 0 amide bonds. The highest BCUT2D eigenvalue weighted by Crippen LogP contribution is 2.25. The van der Waals surface area contributed by atoms with E-state index in [0.717, 1.165) is 39.4 Å². The van der Waals surface area contributed by atoms with Gasteiger partial charge >= 0.3 is 5.97 Å². The Morgan fingerprint density at radius 2 is 1.85 bits per heavy atom. The monoisotopic (exact) mass is 377 g/mol. The van der Waals surface area contributed by atoms with Crippen LogP contribution >= 0.6 is 11.8 Å². The lowest BCUT2D eigenvalue weighted by molar-refractivity contribution is 0.0505. The van der Waals surface area contributed by atoms with Gasteiger partial charge < -0.3 is 4.74 Å². The molecular formula is C21H19N3O2S. The highest BCUT2D eigenvalue weighted by atomic mass is 32.2. The number of pyridine rings is 1. The first kappa shape index (κ1) is 17.5. The molecule has 0 unspecified atom stereocenters. The summed E-state index contributed by atoms with van der Waals surface area (Å²) in [6.07, 6.45) is 0.821. The van der Waals surface area contributed by atoms with E-state index in [0.29, 0.717) is 12.2 Å². The fraction of sp³-hybridized carbons (Fsp3) is 0.190. The molecule has 0 aliphatic heterocycles. The van der Waals surface area contributed by atoms with E-state index in [4.69, 9.17) is 4.74 Å². The van der Waals surface area contributed by atoms with Crippen molar-refractivity contribution in [2.75, 3.05) is 6.61 Å². The van der Waals surface area contributed by atoms with Crippen molar-refractivity contribution in [3.05, 3.63) is 71.8 Å². The highest BCUT2D eigenvalue weighted by Gasteiger charge is 2.10. The van der Waals surface area contributed by atoms with Crippen LogP contribution in [0.15, 0.2) is 65.8 Å². The Kier molecular flexibility index (Phi) is 5.07. The molecule has 2 aromatic carbocycles. The average Bonchev–Trinajstić information content (AvgIpc) is 3.14. The fourth-order valence-electron chi connectivity index (χ4n) is 2.87. The highest BCUT2D eigenvalue weighted by molar-refractivity contribution is 7.98. The average molecular weight is 377 g/mol. The molecule has 0 atom stereocenters. The summed E-state index contributed by atoms with van der Waals surface area (Å²) in [7, 11) is 0. The van der Waals surface area contributed by atoms with Crippen molar-refractivity contribution in [3.63, 3.8) is 0 Å². The van der Waals surface area contributed by atoms with Crippen LogP contribution in [0.1, 0.15) is 29.3 Å². The number of esters is 1. The van der Waals surface area contributed by atoms with Gasteiger partial charge in [-0.25, -0.2) is 4.79 Å². The van der Waals surface area contributed by atoms with Gasteiger partial charge in [0.05, 0.1) is 17.7 Å². The second-order valence-corrected chi connectivity index (χ2v) is 7.13. The van der Waals surface area contributed by atoms with E-state index in [1.165, 1.54) is 0 Å². The number of benzene rings is 2. The summed E-state index contributed by atoms with van der Waals surface area (Å²) in [5, 5.41) is 10.6. The zero-order valence-electron chi connectivity index (χ0n) is 15.0.